The molecule has 7 heteroatoms. The van der Waals surface area contributed by atoms with Gasteiger partial charge in [0, 0.05) is 11.1 Å². The molecule has 3 N–H and O–H groups in total. The summed E-state index contributed by atoms with van der Waals surface area (Å²) in [5.41, 5.74) is 6.30. The number of esters is 1. The van der Waals surface area contributed by atoms with Crippen LogP contribution in [0.2, 0.25) is 0 Å². The van der Waals surface area contributed by atoms with Crippen molar-refractivity contribution in [2.75, 3.05) is 17.7 Å². The molecule has 0 aliphatic heterocycles. The normalized spacial score (nSPS) is 10.2. The van der Waals surface area contributed by atoms with Gasteiger partial charge < -0.3 is 15.8 Å². The van der Waals surface area contributed by atoms with E-state index in [1.54, 1.807) is 19.2 Å². The van der Waals surface area contributed by atoms with Crippen LogP contribution >= 0.6 is 11.3 Å². The van der Waals surface area contributed by atoms with E-state index in [2.05, 4.69) is 15.3 Å². The van der Waals surface area contributed by atoms with Crippen molar-refractivity contribution in [1.29, 1.82) is 0 Å². The molecule has 0 radical (unpaired) electrons. The molecule has 0 amide bonds. The van der Waals surface area contributed by atoms with Crippen LogP contribution in [0, 0.1) is 6.92 Å². The second-order valence-electron chi connectivity index (χ2n) is 3.78. The number of rotatable bonds is 4. The summed E-state index contributed by atoms with van der Waals surface area (Å²) in [6.45, 7) is 4.01. The van der Waals surface area contributed by atoms with Crippen molar-refractivity contribution in [3.63, 3.8) is 0 Å². The minimum Gasteiger partial charge on any atom is -0.462 e. The summed E-state index contributed by atoms with van der Waals surface area (Å²) in [7, 11) is 0. The number of pyridine rings is 1. The van der Waals surface area contributed by atoms with Crippen LogP contribution in [0.15, 0.2) is 18.5 Å². The fourth-order valence-corrected chi connectivity index (χ4v) is 2.11. The molecule has 0 aliphatic carbocycles. The van der Waals surface area contributed by atoms with Gasteiger partial charge in [0.05, 0.1) is 24.1 Å². The van der Waals surface area contributed by atoms with E-state index in [0.29, 0.717) is 28.8 Å². The Bertz CT molecular complexity index is 597. The molecule has 0 aliphatic rings. The fourth-order valence-electron chi connectivity index (χ4n) is 1.44. The zero-order chi connectivity index (χ0) is 13.8. The third-order valence-electron chi connectivity index (χ3n) is 2.29. The molecule has 0 atom stereocenters. The minimum atomic E-state index is -0.458. The van der Waals surface area contributed by atoms with Crippen LogP contribution in [-0.2, 0) is 4.74 Å². The van der Waals surface area contributed by atoms with Crippen LogP contribution in [0.3, 0.4) is 0 Å². The Labute approximate surface area is 114 Å². The van der Waals surface area contributed by atoms with Crippen LogP contribution < -0.4 is 11.1 Å². The highest BCUT2D eigenvalue weighted by Crippen LogP contribution is 2.23. The van der Waals surface area contributed by atoms with Crippen molar-refractivity contribution in [3.05, 3.63) is 28.9 Å². The van der Waals surface area contributed by atoms with Crippen molar-refractivity contribution in [2.24, 2.45) is 0 Å². The first-order valence-corrected chi connectivity index (χ1v) is 6.54. The van der Waals surface area contributed by atoms with E-state index in [9.17, 15) is 4.79 Å². The lowest BCUT2D eigenvalue weighted by atomic mass is 10.2. The number of hydrogen-bond donors (Lipinski definition) is 2. The van der Waals surface area contributed by atoms with E-state index in [1.807, 2.05) is 6.92 Å². The highest BCUT2D eigenvalue weighted by molar-refractivity contribution is 7.15. The van der Waals surface area contributed by atoms with Gasteiger partial charge in [-0.25, -0.2) is 14.8 Å². The molecule has 100 valence electrons. The molecular formula is C12H14N4O2S. The Kier molecular flexibility index (Phi) is 3.96. The number of carbonyl (C=O) groups excluding carboxylic acids is 1. The standard InChI is InChI=1S/C12H14N4O2S/c1-3-18-11(17)8-4-10(14-6-9(8)13)16-12-15-5-7(2)19-12/h4-6H,3,13H2,1-2H3,(H,14,15,16). The second-order valence-corrected chi connectivity index (χ2v) is 5.01. The van der Waals surface area contributed by atoms with Gasteiger partial charge in [0.2, 0.25) is 0 Å². The summed E-state index contributed by atoms with van der Waals surface area (Å²) in [5, 5.41) is 3.73. The maximum absolute atomic E-state index is 11.7. The molecule has 2 heterocycles. The van der Waals surface area contributed by atoms with E-state index in [-0.39, 0.29) is 0 Å². The van der Waals surface area contributed by atoms with E-state index in [4.69, 9.17) is 10.5 Å². The number of aryl methyl sites for hydroxylation is 1. The second kappa shape index (κ2) is 5.66. The van der Waals surface area contributed by atoms with Crippen molar-refractivity contribution in [3.8, 4) is 0 Å². The third kappa shape index (κ3) is 3.19. The molecular weight excluding hydrogens is 264 g/mol. The molecule has 2 aromatic heterocycles. The topological polar surface area (TPSA) is 90.1 Å². The molecule has 6 nitrogen and oxygen atoms in total. The summed E-state index contributed by atoms with van der Waals surface area (Å²) in [6.07, 6.45) is 3.19. The number of thiazole rings is 1. The van der Waals surface area contributed by atoms with Crippen LogP contribution in [0.25, 0.3) is 0 Å². The molecule has 0 saturated heterocycles. The van der Waals surface area contributed by atoms with Crippen molar-refractivity contribution in [1.82, 2.24) is 9.97 Å². The number of nitrogens with zero attached hydrogens (tertiary/aromatic N) is 2. The van der Waals surface area contributed by atoms with Crippen molar-refractivity contribution in [2.45, 2.75) is 13.8 Å². The zero-order valence-electron chi connectivity index (χ0n) is 10.6. The van der Waals surface area contributed by atoms with Gasteiger partial charge in [-0.1, -0.05) is 0 Å². The average Bonchev–Trinajstić information content (AvgIpc) is 2.77. The van der Waals surface area contributed by atoms with E-state index in [0.717, 1.165) is 4.88 Å². The lowest BCUT2D eigenvalue weighted by Crippen LogP contribution is -2.09. The largest absolute Gasteiger partial charge is 0.462 e. The highest BCUT2D eigenvalue weighted by Gasteiger charge is 2.13. The molecule has 2 aromatic rings. The van der Waals surface area contributed by atoms with Gasteiger partial charge in [0.1, 0.15) is 5.82 Å². The Morgan fingerprint density at radius 1 is 1.47 bits per heavy atom. The molecule has 0 spiro atoms. The van der Waals surface area contributed by atoms with Gasteiger partial charge in [-0.05, 0) is 19.9 Å². The summed E-state index contributed by atoms with van der Waals surface area (Å²) in [5.74, 6) is 0.0485. The molecule has 0 fully saturated rings. The van der Waals surface area contributed by atoms with Crippen LogP contribution in [0.1, 0.15) is 22.2 Å². The highest BCUT2D eigenvalue weighted by atomic mass is 32.1. The molecule has 19 heavy (non-hydrogen) atoms. The Morgan fingerprint density at radius 2 is 2.26 bits per heavy atom. The summed E-state index contributed by atoms with van der Waals surface area (Å²) in [4.78, 5) is 21.1. The monoisotopic (exact) mass is 278 g/mol. The number of carbonyl (C=O) groups is 1. The number of nitrogens with one attached hydrogen (secondary N) is 1. The smallest absolute Gasteiger partial charge is 0.340 e. The Morgan fingerprint density at radius 3 is 2.89 bits per heavy atom. The summed E-state index contributed by atoms with van der Waals surface area (Å²) < 4.78 is 4.93. The van der Waals surface area contributed by atoms with E-state index in [1.165, 1.54) is 17.5 Å². The quantitative estimate of drug-likeness (QED) is 0.834. The van der Waals surface area contributed by atoms with E-state index < -0.39 is 5.97 Å². The third-order valence-corrected chi connectivity index (χ3v) is 3.11. The first-order valence-electron chi connectivity index (χ1n) is 5.72. The SMILES string of the molecule is CCOC(=O)c1cc(Nc2ncc(C)s2)ncc1N. The lowest BCUT2D eigenvalue weighted by molar-refractivity contribution is 0.0527. The minimum absolute atomic E-state index is 0.291. The fraction of sp³-hybridized carbons (Fsp3) is 0.250. The van der Waals surface area contributed by atoms with Gasteiger partial charge in [0.25, 0.3) is 0 Å². The number of ether oxygens (including phenoxy) is 1. The molecule has 0 unspecified atom stereocenters. The van der Waals surface area contributed by atoms with Gasteiger partial charge in [-0.2, -0.15) is 0 Å². The van der Waals surface area contributed by atoms with Gasteiger partial charge in [-0.15, -0.1) is 11.3 Å². The van der Waals surface area contributed by atoms with Crippen LogP contribution in [0.4, 0.5) is 16.6 Å². The predicted octanol–water partition coefficient (Wildman–Crippen LogP) is 2.35. The maximum Gasteiger partial charge on any atom is 0.340 e. The first kappa shape index (κ1) is 13.3. The molecule has 2 rings (SSSR count). The van der Waals surface area contributed by atoms with Crippen LogP contribution in [0.5, 0.6) is 0 Å². The molecule has 0 bridgehead atoms. The van der Waals surface area contributed by atoms with Gasteiger partial charge >= 0.3 is 5.97 Å². The number of nitrogens with two attached hydrogens (primary N) is 1. The lowest BCUT2D eigenvalue weighted by Gasteiger charge is -2.07. The zero-order valence-corrected chi connectivity index (χ0v) is 11.5. The summed E-state index contributed by atoms with van der Waals surface area (Å²) in [6, 6.07) is 1.56. The number of nitrogen functional groups attached to an aromatic ring is 1. The van der Waals surface area contributed by atoms with Gasteiger partial charge in [0.15, 0.2) is 5.13 Å². The Balaban J connectivity index is 2.23. The van der Waals surface area contributed by atoms with Crippen LogP contribution in [-0.4, -0.2) is 22.5 Å². The van der Waals surface area contributed by atoms with Crippen molar-refractivity contribution >= 4 is 33.9 Å². The first-order chi connectivity index (χ1) is 9.10. The molecule has 0 saturated carbocycles. The summed E-state index contributed by atoms with van der Waals surface area (Å²) >= 11 is 1.50. The number of aromatic nitrogens is 2. The van der Waals surface area contributed by atoms with E-state index >= 15 is 0 Å². The number of anilines is 3. The molecule has 0 aromatic carbocycles. The average molecular weight is 278 g/mol. The predicted molar refractivity (Wildman–Crippen MR) is 74.7 cm³/mol. The van der Waals surface area contributed by atoms with Gasteiger partial charge in [-0.3, -0.25) is 0 Å². The maximum atomic E-state index is 11.7. The Hall–Kier alpha value is -2.15. The number of hydrogen-bond acceptors (Lipinski definition) is 7. The van der Waals surface area contributed by atoms with Crippen molar-refractivity contribution < 1.29 is 9.53 Å².